The van der Waals surface area contributed by atoms with Gasteiger partial charge in [-0.2, -0.15) is 5.26 Å². The predicted octanol–water partition coefficient (Wildman–Crippen LogP) is 4.73. The molecule has 2 amide bonds. The van der Waals surface area contributed by atoms with Gasteiger partial charge in [-0.1, -0.05) is 30.8 Å². The lowest BCUT2D eigenvalue weighted by atomic mass is 9.95. The van der Waals surface area contributed by atoms with Crippen LogP contribution in [0, 0.1) is 23.0 Å². The molecule has 1 N–H and O–H groups in total. The van der Waals surface area contributed by atoms with Crippen molar-refractivity contribution in [2.75, 3.05) is 19.6 Å². The molecule has 3 fully saturated rings. The molecule has 2 aromatic rings. The molecular formula is C32H37F2N5O3. The van der Waals surface area contributed by atoms with Crippen molar-refractivity contribution in [2.24, 2.45) is 0 Å². The van der Waals surface area contributed by atoms with Crippen LogP contribution in [0.4, 0.5) is 13.6 Å². The van der Waals surface area contributed by atoms with Gasteiger partial charge in [0.05, 0.1) is 24.2 Å². The number of nitrogens with zero attached hydrogens (tertiary/aromatic N) is 4. The van der Waals surface area contributed by atoms with Gasteiger partial charge < -0.3 is 19.9 Å². The van der Waals surface area contributed by atoms with E-state index in [9.17, 15) is 23.6 Å². The van der Waals surface area contributed by atoms with E-state index in [2.05, 4.69) is 22.9 Å². The van der Waals surface area contributed by atoms with Crippen molar-refractivity contribution < 1.29 is 23.1 Å². The van der Waals surface area contributed by atoms with Gasteiger partial charge in [0, 0.05) is 31.4 Å². The Bertz CT molecular complexity index is 1320. The summed E-state index contributed by atoms with van der Waals surface area (Å²) in [5.41, 5.74) is 1.40. The Morgan fingerprint density at radius 2 is 1.71 bits per heavy atom. The summed E-state index contributed by atoms with van der Waals surface area (Å²) in [6.45, 7) is 11.2. The third-order valence-corrected chi connectivity index (χ3v) is 8.24. The van der Waals surface area contributed by atoms with Crippen LogP contribution >= 0.6 is 0 Å². The number of nitriles is 1. The second-order valence-corrected chi connectivity index (χ2v) is 12.3. The monoisotopic (exact) mass is 577 g/mol. The van der Waals surface area contributed by atoms with E-state index in [1.807, 2.05) is 9.80 Å². The first-order valence-corrected chi connectivity index (χ1v) is 14.4. The maximum atomic E-state index is 14.0. The first kappa shape index (κ1) is 29.5. The smallest absolute Gasteiger partial charge is 0.408 e. The summed E-state index contributed by atoms with van der Waals surface area (Å²) in [6, 6.07) is 12.5. The Hall–Kier alpha value is -3.97. The Labute approximate surface area is 245 Å². The number of carbonyl (C=O) groups is 2. The zero-order valence-electron chi connectivity index (χ0n) is 24.2. The van der Waals surface area contributed by atoms with Gasteiger partial charge in [-0.05, 0) is 75.4 Å². The molecule has 5 rings (SSSR count). The highest BCUT2D eigenvalue weighted by atomic mass is 19.1. The first-order chi connectivity index (χ1) is 19.9. The van der Waals surface area contributed by atoms with Crippen LogP contribution in [0.3, 0.4) is 0 Å². The number of nitrogens with one attached hydrogen (secondary N) is 1. The van der Waals surface area contributed by atoms with E-state index in [1.165, 1.54) is 24.3 Å². The molecule has 0 saturated carbocycles. The first-order valence-electron chi connectivity index (χ1n) is 14.4. The number of amides is 2. The van der Waals surface area contributed by atoms with Crippen molar-refractivity contribution >= 4 is 12.0 Å². The van der Waals surface area contributed by atoms with Crippen LogP contribution in [0.1, 0.15) is 57.2 Å². The van der Waals surface area contributed by atoms with E-state index < -0.39 is 29.8 Å². The fourth-order valence-corrected chi connectivity index (χ4v) is 6.40. The van der Waals surface area contributed by atoms with E-state index in [4.69, 9.17) is 4.74 Å². The molecular weight excluding hydrogens is 540 g/mol. The molecule has 3 saturated heterocycles. The summed E-state index contributed by atoms with van der Waals surface area (Å²) in [7, 11) is 0. The molecule has 10 heteroatoms. The van der Waals surface area contributed by atoms with Crippen molar-refractivity contribution in [1.29, 1.82) is 5.26 Å². The summed E-state index contributed by atoms with van der Waals surface area (Å²) in [6.07, 6.45) is 1.58. The number of fused-ring (bicyclic) bond motifs is 2. The van der Waals surface area contributed by atoms with Crippen molar-refractivity contribution in [3.8, 4) is 6.07 Å². The summed E-state index contributed by atoms with van der Waals surface area (Å²) < 4.78 is 33.1. The minimum atomic E-state index is -0.697. The Balaban J connectivity index is 1.38. The van der Waals surface area contributed by atoms with Crippen LogP contribution in [-0.4, -0.2) is 76.1 Å². The molecule has 0 radical (unpaired) electrons. The molecule has 42 heavy (non-hydrogen) atoms. The standard InChI is InChI=1S/C32H37F2N5O3/c1-20(38-15-5-6-25(38)17-35)27(36-31(41)42-32(2,3)4)19-37-18-26-16-28(37)30(40)39(26)29(21-7-11-23(33)12-8-21)22-9-13-24(34)14-10-22/h7-14,25-29H,1,5-6,15-16,18-19H2,2-4H3,(H,36,41)/t25?,26?,27-,28-/m0/s1. The number of rotatable bonds is 8. The largest absolute Gasteiger partial charge is 0.444 e. The van der Waals surface area contributed by atoms with Gasteiger partial charge in [-0.3, -0.25) is 9.69 Å². The maximum absolute atomic E-state index is 14.0. The minimum absolute atomic E-state index is 0.0809. The second kappa shape index (κ2) is 11.7. The highest BCUT2D eigenvalue weighted by molar-refractivity contribution is 5.86. The molecule has 3 aliphatic heterocycles. The molecule has 4 atom stereocenters. The molecule has 0 aromatic heterocycles. The molecule has 2 bridgehead atoms. The van der Waals surface area contributed by atoms with Crippen molar-refractivity contribution in [2.45, 2.75) is 75.8 Å². The van der Waals surface area contributed by atoms with Gasteiger partial charge in [0.1, 0.15) is 23.3 Å². The lowest BCUT2D eigenvalue weighted by molar-refractivity contribution is -0.138. The number of benzene rings is 2. The summed E-state index contributed by atoms with van der Waals surface area (Å²) in [5, 5.41) is 12.6. The molecule has 8 nitrogen and oxygen atoms in total. The quantitative estimate of drug-likeness (QED) is 0.488. The number of likely N-dealkylation sites (tertiary alicyclic amines) is 3. The number of alkyl carbamates (subject to hydrolysis) is 1. The van der Waals surface area contributed by atoms with Crippen molar-refractivity contribution in [1.82, 2.24) is 20.0 Å². The van der Waals surface area contributed by atoms with Gasteiger partial charge in [-0.25, -0.2) is 13.6 Å². The lowest BCUT2D eigenvalue weighted by Gasteiger charge is -2.41. The van der Waals surface area contributed by atoms with Crippen LogP contribution in [0.2, 0.25) is 0 Å². The zero-order chi connectivity index (χ0) is 30.2. The molecule has 3 aliphatic rings. The summed E-state index contributed by atoms with van der Waals surface area (Å²) in [4.78, 5) is 32.6. The SMILES string of the molecule is C=C([C@H](CN1CC2C[C@H]1C(=O)N2C(c1ccc(F)cc1)c1ccc(F)cc1)NC(=O)OC(C)(C)C)N1CCCC1C#N. The minimum Gasteiger partial charge on any atom is -0.444 e. The molecule has 222 valence electrons. The Kier molecular flexibility index (Phi) is 8.24. The summed E-state index contributed by atoms with van der Waals surface area (Å²) in [5.74, 6) is -0.836. The van der Waals surface area contributed by atoms with Gasteiger partial charge in [0.2, 0.25) is 5.91 Å². The average molecular weight is 578 g/mol. The van der Waals surface area contributed by atoms with Crippen LogP contribution < -0.4 is 5.32 Å². The maximum Gasteiger partial charge on any atom is 0.408 e. The van der Waals surface area contributed by atoms with Crippen LogP contribution in [0.5, 0.6) is 0 Å². The van der Waals surface area contributed by atoms with E-state index in [1.54, 1.807) is 45.0 Å². The molecule has 0 aliphatic carbocycles. The van der Waals surface area contributed by atoms with E-state index in [0.29, 0.717) is 31.8 Å². The van der Waals surface area contributed by atoms with E-state index in [0.717, 1.165) is 24.0 Å². The number of hydrogen-bond donors (Lipinski definition) is 1. The second-order valence-electron chi connectivity index (χ2n) is 12.3. The fraction of sp³-hybridized carbons (Fsp3) is 0.469. The summed E-state index contributed by atoms with van der Waals surface area (Å²) >= 11 is 0. The van der Waals surface area contributed by atoms with Crippen LogP contribution in [0.15, 0.2) is 60.8 Å². The number of hydrogen-bond acceptors (Lipinski definition) is 6. The zero-order valence-corrected chi connectivity index (χ0v) is 24.2. The van der Waals surface area contributed by atoms with Crippen molar-refractivity contribution in [3.05, 3.63) is 83.6 Å². The average Bonchev–Trinajstić information content (AvgIpc) is 3.65. The van der Waals surface area contributed by atoms with Gasteiger partial charge in [0.15, 0.2) is 0 Å². The molecule has 2 unspecified atom stereocenters. The van der Waals surface area contributed by atoms with Gasteiger partial charge in [-0.15, -0.1) is 0 Å². The molecule has 2 aromatic carbocycles. The van der Waals surface area contributed by atoms with Crippen LogP contribution in [0.25, 0.3) is 0 Å². The van der Waals surface area contributed by atoms with E-state index >= 15 is 0 Å². The van der Waals surface area contributed by atoms with E-state index in [-0.39, 0.29) is 29.6 Å². The normalized spacial score (nSPS) is 22.9. The molecule has 3 heterocycles. The third kappa shape index (κ3) is 6.12. The predicted molar refractivity (Wildman–Crippen MR) is 153 cm³/mol. The number of ether oxygens (including phenoxy) is 1. The highest BCUT2D eigenvalue weighted by Crippen LogP contribution is 2.41. The number of carbonyl (C=O) groups excluding carboxylic acids is 2. The third-order valence-electron chi connectivity index (χ3n) is 8.24. The number of halogens is 2. The van der Waals surface area contributed by atoms with Crippen molar-refractivity contribution in [3.63, 3.8) is 0 Å². The fourth-order valence-electron chi connectivity index (χ4n) is 6.40. The van der Waals surface area contributed by atoms with Gasteiger partial charge >= 0.3 is 6.09 Å². The van der Waals surface area contributed by atoms with Crippen LogP contribution in [-0.2, 0) is 9.53 Å². The Morgan fingerprint density at radius 1 is 1.12 bits per heavy atom. The highest BCUT2D eigenvalue weighted by Gasteiger charge is 2.52. The number of piperazine rings is 1. The molecule has 0 spiro atoms. The lowest BCUT2D eigenvalue weighted by Crippen LogP contribution is -2.56. The topological polar surface area (TPSA) is 88.9 Å². The Morgan fingerprint density at radius 3 is 2.24 bits per heavy atom. The van der Waals surface area contributed by atoms with Gasteiger partial charge in [0.25, 0.3) is 0 Å².